The first-order valence-electron chi connectivity index (χ1n) is 12.9. The topological polar surface area (TPSA) is 156 Å². The minimum atomic E-state index is -1.66. The highest BCUT2D eigenvalue weighted by Gasteiger charge is 2.99. The number of aliphatic hydroxyl groups excluding tert-OH is 2. The summed E-state index contributed by atoms with van der Waals surface area (Å²) in [6, 6.07) is 1.74. The van der Waals surface area contributed by atoms with E-state index in [9.17, 15) is 29.7 Å². The van der Waals surface area contributed by atoms with E-state index in [-0.39, 0.29) is 12.8 Å². The quantitative estimate of drug-likeness (QED) is 0.392. The smallest absolute Gasteiger partial charge is 0.335 e. The predicted molar refractivity (Wildman–Crippen MR) is 121 cm³/mol. The van der Waals surface area contributed by atoms with E-state index in [0.29, 0.717) is 18.4 Å². The van der Waals surface area contributed by atoms with Crippen molar-refractivity contribution in [2.75, 3.05) is 7.11 Å². The summed E-state index contributed by atoms with van der Waals surface area (Å²) in [6.45, 7) is 5.44. The number of ketones is 1. The Morgan fingerprint density at radius 3 is 2.62 bits per heavy atom. The van der Waals surface area contributed by atoms with Gasteiger partial charge in [0, 0.05) is 33.6 Å². The second kappa shape index (κ2) is 6.47. The Morgan fingerprint density at radius 1 is 1.24 bits per heavy atom. The number of carbonyl (C=O) groups is 3. The maximum atomic E-state index is 14.0. The summed E-state index contributed by atoms with van der Waals surface area (Å²) in [5.41, 5.74) is -6.52. The third kappa shape index (κ3) is 2.11. The van der Waals surface area contributed by atoms with Gasteiger partial charge >= 0.3 is 11.9 Å². The van der Waals surface area contributed by atoms with E-state index >= 15 is 0 Å². The molecule has 6 aliphatic rings. The van der Waals surface area contributed by atoms with E-state index in [1.54, 1.807) is 19.9 Å². The van der Waals surface area contributed by atoms with E-state index in [1.165, 1.54) is 19.6 Å². The molecule has 4 aliphatic carbocycles. The van der Waals surface area contributed by atoms with Gasteiger partial charge < -0.3 is 33.9 Å². The highest BCUT2D eigenvalue weighted by molar-refractivity contribution is 5.93. The molecule has 7 rings (SSSR count). The average molecular weight is 517 g/mol. The van der Waals surface area contributed by atoms with Crippen molar-refractivity contribution in [1.29, 1.82) is 0 Å². The number of esters is 2. The lowest BCUT2D eigenvalue weighted by molar-refractivity contribution is -0.185. The Labute approximate surface area is 213 Å². The largest absolute Gasteiger partial charge is 0.472 e. The molecule has 200 valence electrons. The van der Waals surface area contributed by atoms with Crippen LogP contribution in [0.25, 0.3) is 0 Å². The highest BCUT2D eigenvalue weighted by atomic mass is 16.7. The van der Waals surface area contributed by atoms with Gasteiger partial charge in [0.1, 0.15) is 23.4 Å². The molecule has 1 aromatic rings. The molecular formula is C27H32O10. The van der Waals surface area contributed by atoms with E-state index in [1.807, 2.05) is 6.92 Å². The highest BCUT2D eigenvalue weighted by Crippen LogP contribution is 2.88. The fourth-order valence-corrected chi connectivity index (χ4v) is 10.6. The summed E-state index contributed by atoms with van der Waals surface area (Å²) < 4.78 is 22.7. The molecular weight excluding hydrogens is 484 g/mol. The van der Waals surface area contributed by atoms with Crippen molar-refractivity contribution in [1.82, 2.24) is 0 Å². The number of cyclic esters (lactones) is 1. The lowest BCUT2D eigenvalue weighted by Crippen LogP contribution is -2.64. The molecule has 6 fully saturated rings. The zero-order valence-corrected chi connectivity index (χ0v) is 21.2. The molecule has 3 N–H and O–H groups in total. The van der Waals surface area contributed by atoms with Gasteiger partial charge in [-0.05, 0) is 25.3 Å². The van der Waals surface area contributed by atoms with Crippen molar-refractivity contribution in [2.45, 2.75) is 81.6 Å². The van der Waals surface area contributed by atoms with Gasteiger partial charge in [-0.3, -0.25) is 9.59 Å². The van der Waals surface area contributed by atoms with Gasteiger partial charge in [0.2, 0.25) is 0 Å². The van der Waals surface area contributed by atoms with Crippen LogP contribution in [0.3, 0.4) is 0 Å². The van der Waals surface area contributed by atoms with Crippen molar-refractivity contribution < 1.29 is 48.3 Å². The van der Waals surface area contributed by atoms with Crippen LogP contribution >= 0.6 is 0 Å². The molecule has 0 amide bonds. The first kappa shape index (κ1) is 23.8. The summed E-state index contributed by atoms with van der Waals surface area (Å²) in [4.78, 5) is 39.8. The lowest BCUT2D eigenvalue weighted by atomic mass is 9.48. The fourth-order valence-electron chi connectivity index (χ4n) is 10.6. The number of methoxy groups -OCH3 is 1. The van der Waals surface area contributed by atoms with Crippen LogP contribution in [0.4, 0.5) is 0 Å². The van der Waals surface area contributed by atoms with Crippen LogP contribution < -0.4 is 0 Å². The maximum absolute atomic E-state index is 14.0. The van der Waals surface area contributed by atoms with Gasteiger partial charge in [-0.25, -0.2) is 4.79 Å². The third-order valence-corrected chi connectivity index (χ3v) is 11.9. The Bertz CT molecular complexity index is 1240. The molecule has 10 heteroatoms. The fraction of sp³-hybridized carbons (Fsp3) is 0.741. The second-order valence-electron chi connectivity index (χ2n) is 12.9. The number of furan rings is 1. The van der Waals surface area contributed by atoms with Crippen LogP contribution in [0.1, 0.15) is 58.1 Å². The Balaban J connectivity index is 1.45. The predicted octanol–water partition coefficient (Wildman–Crippen LogP) is 1.06. The van der Waals surface area contributed by atoms with Gasteiger partial charge in [-0.1, -0.05) is 20.8 Å². The zero-order valence-electron chi connectivity index (χ0n) is 21.2. The van der Waals surface area contributed by atoms with Crippen molar-refractivity contribution in [3.63, 3.8) is 0 Å². The van der Waals surface area contributed by atoms with Crippen LogP contribution in [-0.2, 0) is 28.6 Å². The monoisotopic (exact) mass is 516 g/mol. The standard InChI is InChI=1S/C27H32O10/c1-22-11-25(33)18(15(29)19(22)31)27-13(24(25,3)17(22)16(30)21(32)34-4)5-7-23(2)20(12-6-8-35-10-12)36-14(28)9-26(23,27)37-27/h6,8,10,13,16-20,30-31,33H,5,7,9,11H2,1-4H3/t13-,16-,17+,18+,19-,20+,22+,23+,24-,25+,26+,27+/m1/s1. The molecule has 2 aliphatic heterocycles. The minimum absolute atomic E-state index is 0.0107. The average Bonchev–Trinajstić information content (AvgIpc) is 3.11. The number of carbonyl (C=O) groups excluding carboxylic acids is 3. The number of epoxide rings is 1. The van der Waals surface area contributed by atoms with Crippen LogP contribution in [0.2, 0.25) is 0 Å². The summed E-state index contributed by atoms with van der Waals surface area (Å²) in [7, 11) is 1.17. The van der Waals surface area contributed by atoms with Crippen LogP contribution in [0.5, 0.6) is 0 Å². The van der Waals surface area contributed by atoms with Crippen molar-refractivity contribution in [3.05, 3.63) is 24.2 Å². The lowest BCUT2D eigenvalue weighted by Gasteiger charge is -2.54. The second-order valence-corrected chi connectivity index (χ2v) is 12.9. The Hall–Kier alpha value is -2.27. The SMILES string of the molecule is COC(=O)[C@H](O)[C@H]1[C@]2(C)C[C@]3(O)[C@H](C(=O)[C@H]2O)[C@]24O[C@]25CC(=O)O[C@@H](c2ccoc2)[C@]5(C)CC[C@@H]4[C@]13C. The third-order valence-electron chi connectivity index (χ3n) is 11.9. The molecule has 4 saturated carbocycles. The van der Waals surface area contributed by atoms with Gasteiger partial charge in [0.25, 0.3) is 0 Å². The molecule has 10 nitrogen and oxygen atoms in total. The van der Waals surface area contributed by atoms with Crippen LogP contribution in [-0.4, -0.2) is 69.2 Å². The number of Topliss-reactive ketones (excluding diaryl/α,β-unsaturated/α-hetero) is 1. The number of fused-ring (bicyclic) bond motifs is 2. The van der Waals surface area contributed by atoms with Gasteiger partial charge in [-0.2, -0.15) is 0 Å². The van der Waals surface area contributed by atoms with E-state index < -0.39 is 86.8 Å². The van der Waals surface area contributed by atoms with Crippen molar-refractivity contribution >= 4 is 17.7 Å². The number of hydrogen-bond donors (Lipinski definition) is 3. The van der Waals surface area contributed by atoms with Gasteiger partial charge in [-0.15, -0.1) is 0 Å². The van der Waals surface area contributed by atoms with E-state index in [0.717, 1.165) is 0 Å². The van der Waals surface area contributed by atoms with Gasteiger partial charge in [0.15, 0.2) is 11.9 Å². The molecule has 2 bridgehead atoms. The Morgan fingerprint density at radius 2 is 1.97 bits per heavy atom. The first-order valence-corrected chi connectivity index (χ1v) is 12.9. The Kier molecular flexibility index (Phi) is 4.17. The number of hydrogen-bond acceptors (Lipinski definition) is 10. The molecule has 0 unspecified atom stereocenters. The van der Waals surface area contributed by atoms with Crippen molar-refractivity contribution in [2.24, 2.45) is 34.0 Å². The minimum Gasteiger partial charge on any atom is -0.472 e. The first-order chi connectivity index (χ1) is 17.3. The molecule has 12 atom stereocenters. The summed E-state index contributed by atoms with van der Waals surface area (Å²) in [5, 5.41) is 35.2. The molecule has 3 heterocycles. The van der Waals surface area contributed by atoms with Crippen molar-refractivity contribution in [3.8, 4) is 0 Å². The van der Waals surface area contributed by atoms with E-state index in [2.05, 4.69) is 0 Å². The number of ether oxygens (including phenoxy) is 3. The normalized spacial score (nSPS) is 55.6. The number of rotatable bonds is 3. The zero-order chi connectivity index (χ0) is 26.6. The summed E-state index contributed by atoms with van der Waals surface area (Å²) in [5.74, 6) is -4.48. The van der Waals surface area contributed by atoms with Crippen LogP contribution in [0, 0.1) is 34.0 Å². The maximum Gasteiger partial charge on any atom is 0.335 e. The molecule has 2 spiro atoms. The molecule has 2 saturated heterocycles. The molecule has 1 aromatic heterocycles. The summed E-state index contributed by atoms with van der Waals surface area (Å²) in [6.07, 6.45) is 0.133. The van der Waals surface area contributed by atoms with Gasteiger partial charge in [0.05, 0.1) is 37.6 Å². The van der Waals surface area contributed by atoms with Crippen LogP contribution in [0.15, 0.2) is 23.0 Å². The number of aliphatic hydroxyl groups is 3. The molecule has 0 radical (unpaired) electrons. The molecule has 37 heavy (non-hydrogen) atoms. The molecule has 0 aromatic carbocycles. The van der Waals surface area contributed by atoms with E-state index in [4.69, 9.17) is 18.6 Å². The summed E-state index contributed by atoms with van der Waals surface area (Å²) >= 11 is 0.